The molecule has 108 valence electrons. The normalized spacial score (nSPS) is 11.1. The number of benzene rings is 2. The van der Waals surface area contributed by atoms with Crippen LogP contribution in [0.3, 0.4) is 0 Å². The molecule has 0 spiro atoms. The van der Waals surface area contributed by atoms with E-state index in [9.17, 15) is 17.2 Å². The van der Waals surface area contributed by atoms with Crippen LogP contribution in [0.2, 0.25) is 5.02 Å². The second kappa shape index (κ2) is 5.80. The molecule has 0 unspecified atom stereocenters. The van der Waals surface area contributed by atoms with E-state index in [4.69, 9.17) is 16.9 Å². The maximum atomic E-state index is 13.1. The fourth-order valence-electron chi connectivity index (χ4n) is 1.69. The molecule has 0 heterocycles. The number of rotatable bonds is 3. The van der Waals surface area contributed by atoms with Gasteiger partial charge in [-0.2, -0.15) is 5.26 Å². The molecule has 0 amide bonds. The van der Waals surface area contributed by atoms with Gasteiger partial charge >= 0.3 is 0 Å². The lowest BCUT2D eigenvalue weighted by atomic mass is 10.2. The standard InChI is InChI=1S/C14H8ClF2NO2S/c15-12-5-9(7-18)1-2-10(12)8-21(19,20)11-3-4-13(16)14(17)6-11/h1-6H,8H2. The van der Waals surface area contributed by atoms with E-state index in [1.807, 2.05) is 6.07 Å². The Balaban J connectivity index is 2.37. The summed E-state index contributed by atoms with van der Waals surface area (Å²) < 4.78 is 50.3. The summed E-state index contributed by atoms with van der Waals surface area (Å²) in [6.07, 6.45) is 0. The summed E-state index contributed by atoms with van der Waals surface area (Å²) >= 11 is 5.91. The third-order valence-electron chi connectivity index (χ3n) is 2.78. The molecular formula is C14H8ClF2NO2S. The fourth-order valence-corrected chi connectivity index (χ4v) is 3.41. The van der Waals surface area contributed by atoms with Crippen LogP contribution in [0.4, 0.5) is 8.78 Å². The van der Waals surface area contributed by atoms with Crippen molar-refractivity contribution < 1.29 is 17.2 Å². The summed E-state index contributed by atoms with van der Waals surface area (Å²) in [6.45, 7) is 0. The van der Waals surface area contributed by atoms with Crippen LogP contribution in [0, 0.1) is 23.0 Å². The summed E-state index contributed by atoms with van der Waals surface area (Å²) in [5.74, 6) is -2.82. The van der Waals surface area contributed by atoms with Crippen LogP contribution < -0.4 is 0 Å². The van der Waals surface area contributed by atoms with E-state index in [2.05, 4.69) is 0 Å². The predicted octanol–water partition coefficient (Wildman–Crippen LogP) is 3.46. The molecule has 2 aromatic rings. The van der Waals surface area contributed by atoms with Crippen LogP contribution in [0.15, 0.2) is 41.3 Å². The lowest BCUT2D eigenvalue weighted by Gasteiger charge is -2.07. The molecule has 0 aliphatic rings. The van der Waals surface area contributed by atoms with Gasteiger partial charge in [0.05, 0.1) is 22.3 Å². The summed E-state index contributed by atoms with van der Waals surface area (Å²) in [6, 6.07) is 8.44. The lowest BCUT2D eigenvalue weighted by molar-refractivity contribution is 0.504. The molecule has 0 atom stereocenters. The van der Waals surface area contributed by atoms with Crippen LogP contribution in [0.1, 0.15) is 11.1 Å². The highest BCUT2D eigenvalue weighted by molar-refractivity contribution is 7.90. The molecular weight excluding hydrogens is 320 g/mol. The SMILES string of the molecule is N#Cc1ccc(CS(=O)(=O)c2ccc(F)c(F)c2)c(Cl)c1. The average molecular weight is 328 g/mol. The summed E-state index contributed by atoms with van der Waals surface area (Å²) in [4.78, 5) is -0.332. The quantitative estimate of drug-likeness (QED) is 0.811. The largest absolute Gasteiger partial charge is 0.223 e. The van der Waals surface area contributed by atoms with Crippen LogP contribution in [0.25, 0.3) is 0 Å². The summed E-state index contributed by atoms with van der Waals surface area (Å²) in [5, 5.41) is 8.84. The number of hydrogen-bond donors (Lipinski definition) is 0. The Labute approximate surface area is 125 Å². The highest BCUT2D eigenvalue weighted by Gasteiger charge is 2.19. The van der Waals surface area contributed by atoms with Crippen molar-refractivity contribution in [3.8, 4) is 6.07 Å². The van der Waals surface area contributed by atoms with Gasteiger partial charge in [-0.3, -0.25) is 0 Å². The molecule has 3 nitrogen and oxygen atoms in total. The van der Waals surface area contributed by atoms with Crippen molar-refractivity contribution in [3.05, 3.63) is 64.2 Å². The van der Waals surface area contributed by atoms with Crippen LogP contribution in [-0.4, -0.2) is 8.42 Å². The van der Waals surface area contributed by atoms with Gasteiger partial charge in [0, 0.05) is 5.02 Å². The molecule has 0 radical (unpaired) electrons. The molecule has 7 heteroatoms. The van der Waals surface area contributed by atoms with Gasteiger partial charge in [0.1, 0.15) is 0 Å². The molecule has 0 aromatic heterocycles. The topological polar surface area (TPSA) is 57.9 Å². The van der Waals surface area contributed by atoms with Gasteiger partial charge in [-0.05, 0) is 35.9 Å². The first-order valence-electron chi connectivity index (χ1n) is 5.70. The van der Waals surface area contributed by atoms with Crippen molar-refractivity contribution in [2.45, 2.75) is 10.6 Å². The van der Waals surface area contributed by atoms with Crippen molar-refractivity contribution in [2.24, 2.45) is 0 Å². The first-order valence-corrected chi connectivity index (χ1v) is 7.73. The Morgan fingerprint density at radius 1 is 1.10 bits per heavy atom. The Bertz CT molecular complexity index is 845. The van der Waals surface area contributed by atoms with E-state index in [0.717, 1.165) is 12.1 Å². The third-order valence-corrected chi connectivity index (χ3v) is 4.79. The monoisotopic (exact) mass is 327 g/mol. The lowest BCUT2D eigenvalue weighted by Crippen LogP contribution is -2.06. The molecule has 0 saturated carbocycles. The average Bonchev–Trinajstić information content (AvgIpc) is 2.43. The molecule has 2 aromatic carbocycles. The summed E-state index contributed by atoms with van der Waals surface area (Å²) in [7, 11) is -3.87. The van der Waals surface area contributed by atoms with Crippen molar-refractivity contribution >= 4 is 21.4 Å². The number of nitriles is 1. The van der Waals surface area contributed by atoms with Gasteiger partial charge in [0.15, 0.2) is 21.5 Å². The van der Waals surface area contributed by atoms with E-state index in [1.54, 1.807) is 0 Å². The number of sulfone groups is 1. The molecule has 0 N–H and O–H groups in total. The minimum absolute atomic E-state index is 0.125. The number of halogens is 3. The maximum Gasteiger partial charge on any atom is 0.182 e. The zero-order chi connectivity index (χ0) is 15.6. The van der Waals surface area contributed by atoms with E-state index in [1.165, 1.54) is 18.2 Å². The van der Waals surface area contributed by atoms with Gasteiger partial charge in [-0.25, -0.2) is 17.2 Å². The Morgan fingerprint density at radius 3 is 2.38 bits per heavy atom. The molecule has 0 aliphatic heterocycles. The zero-order valence-electron chi connectivity index (χ0n) is 10.5. The molecule has 0 fully saturated rings. The molecule has 2 rings (SSSR count). The van der Waals surface area contributed by atoms with Crippen molar-refractivity contribution in [1.29, 1.82) is 5.26 Å². The highest BCUT2D eigenvalue weighted by Crippen LogP contribution is 2.24. The van der Waals surface area contributed by atoms with Gasteiger partial charge < -0.3 is 0 Å². The molecule has 0 aliphatic carbocycles. The van der Waals surface area contributed by atoms with Crippen LogP contribution in [0.5, 0.6) is 0 Å². The Hall–Kier alpha value is -1.97. The maximum absolute atomic E-state index is 13.1. The van der Waals surface area contributed by atoms with Crippen LogP contribution >= 0.6 is 11.6 Å². The van der Waals surface area contributed by atoms with E-state index in [0.29, 0.717) is 11.6 Å². The van der Waals surface area contributed by atoms with E-state index in [-0.39, 0.29) is 15.5 Å². The van der Waals surface area contributed by atoms with Gasteiger partial charge in [0.25, 0.3) is 0 Å². The van der Waals surface area contributed by atoms with Gasteiger partial charge in [-0.1, -0.05) is 17.7 Å². The summed E-state index contributed by atoms with van der Waals surface area (Å²) in [5.41, 5.74) is 0.578. The fraction of sp³-hybridized carbons (Fsp3) is 0.0714. The Morgan fingerprint density at radius 2 is 1.81 bits per heavy atom. The number of hydrogen-bond acceptors (Lipinski definition) is 3. The second-order valence-electron chi connectivity index (χ2n) is 4.25. The zero-order valence-corrected chi connectivity index (χ0v) is 12.0. The molecule has 21 heavy (non-hydrogen) atoms. The van der Waals surface area contributed by atoms with E-state index >= 15 is 0 Å². The molecule has 0 saturated heterocycles. The number of nitrogens with zero attached hydrogens (tertiary/aromatic N) is 1. The van der Waals surface area contributed by atoms with Crippen LogP contribution in [-0.2, 0) is 15.6 Å². The smallest absolute Gasteiger partial charge is 0.182 e. The minimum Gasteiger partial charge on any atom is -0.223 e. The first-order chi connectivity index (χ1) is 9.83. The van der Waals surface area contributed by atoms with Crippen molar-refractivity contribution in [3.63, 3.8) is 0 Å². The minimum atomic E-state index is -3.87. The Kier molecular flexibility index (Phi) is 4.26. The highest BCUT2D eigenvalue weighted by atomic mass is 35.5. The third kappa shape index (κ3) is 3.38. The van der Waals surface area contributed by atoms with Crippen molar-refractivity contribution in [2.75, 3.05) is 0 Å². The first kappa shape index (κ1) is 15.4. The van der Waals surface area contributed by atoms with Crippen molar-refractivity contribution in [1.82, 2.24) is 0 Å². The predicted molar refractivity (Wildman–Crippen MR) is 73.4 cm³/mol. The van der Waals surface area contributed by atoms with E-state index < -0.39 is 27.2 Å². The van der Waals surface area contributed by atoms with Gasteiger partial charge in [0.2, 0.25) is 0 Å². The van der Waals surface area contributed by atoms with Gasteiger partial charge in [-0.15, -0.1) is 0 Å². The molecule has 0 bridgehead atoms. The second-order valence-corrected chi connectivity index (χ2v) is 6.65.